The lowest BCUT2D eigenvalue weighted by Crippen LogP contribution is -2.39. The first-order chi connectivity index (χ1) is 8.88. The maximum atomic E-state index is 11.8. The molecule has 0 bridgehead atoms. The molecule has 1 atom stereocenters. The van der Waals surface area contributed by atoms with Crippen molar-refractivity contribution in [1.29, 1.82) is 0 Å². The van der Waals surface area contributed by atoms with E-state index < -0.39 is 17.4 Å². The number of anilines is 2. The van der Waals surface area contributed by atoms with Gasteiger partial charge >= 0.3 is 5.69 Å². The van der Waals surface area contributed by atoms with E-state index in [0.29, 0.717) is 6.54 Å². The van der Waals surface area contributed by atoms with E-state index in [1.54, 1.807) is 18.9 Å². The molecule has 0 fully saturated rings. The Balaban J connectivity index is 3.24. The van der Waals surface area contributed by atoms with Gasteiger partial charge in [-0.15, -0.1) is 0 Å². The van der Waals surface area contributed by atoms with Gasteiger partial charge in [0.2, 0.25) is 0 Å². The van der Waals surface area contributed by atoms with Gasteiger partial charge in [0.15, 0.2) is 0 Å². The molecule has 4 N–H and O–H groups in total. The third-order valence-corrected chi connectivity index (χ3v) is 2.87. The molecule has 0 aliphatic carbocycles. The molecule has 1 aromatic rings. The van der Waals surface area contributed by atoms with Gasteiger partial charge in [-0.05, 0) is 13.3 Å². The average Bonchev–Trinajstić information content (AvgIpc) is 2.27. The van der Waals surface area contributed by atoms with E-state index in [-0.39, 0.29) is 18.1 Å². The van der Waals surface area contributed by atoms with Gasteiger partial charge < -0.3 is 15.7 Å². The number of hydrogen-bond donors (Lipinski definition) is 3. The molecule has 0 aromatic carbocycles. The lowest BCUT2D eigenvalue weighted by Gasteiger charge is -2.22. The molecular weight excluding hydrogens is 248 g/mol. The van der Waals surface area contributed by atoms with Gasteiger partial charge in [-0.2, -0.15) is 0 Å². The van der Waals surface area contributed by atoms with Crippen LogP contribution in [0.15, 0.2) is 9.59 Å². The van der Waals surface area contributed by atoms with E-state index in [2.05, 4.69) is 4.98 Å². The Hall–Kier alpha value is -1.76. The van der Waals surface area contributed by atoms with Crippen LogP contribution >= 0.6 is 0 Å². The van der Waals surface area contributed by atoms with Crippen LogP contribution in [0.5, 0.6) is 0 Å². The first-order valence-corrected chi connectivity index (χ1v) is 6.40. The summed E-state index contributed by atoms with van der Waals surface area (Å²) in [7, 11) is 1.66. The van der Waals surface area contributed by atoms with Gasteiger partial charge in [0.25, 0.3) is 5.56 Å². The number of hydrogen-bond acceptors (Lipinski definition) is 5. The van der Waals surface area contributed by atoms with Gasteiger partial charge in [-0.25, -0.2) is 4.79 Å². The number of nitrogens with two attached hydrogens (primary N) is 1. The Morgan fingerprint density at radius 3 is 2.63 bits per heavy atom. The van der Waals surface area contributed by atoms with Crippen molar-refractivity contribution < 1.29 is 5.11 Å². The number of aromatic nitrogens is 2. The van der Waals surface area contributed by atoms with Gasteiger partial charge in [0.05, 0.1) is 6.10 Å². The lowest BCUT2D eigenvalue weighted by molar-refractivity contribution is 0.201. The third kappa shape index (κ3) is 3.60. The highest BCUT2D eigenvalue weighted by Crippen LogP contribution is 2.15. The molecule has 1 rings (SSSR count). The minimum absolute atomic E-state index is 0.144. The number of aliphatic hydroxyl groups is 1. The monoisotopic (exact) mass is 270 g/mol. The molecule has 0 aliphatic heterocycles. The van der Waals surface area contributed by atoms with Crippen LogP contribution in [0, 0.1) is 0 Å². The highest BCUT2D eigenvalue weighted by Gasteiger charge is 2.16. The maximum Gasteiger partial charge on any atom is 0.330 e. The number of rotatable bonds is 6. The number of aliphatic hydroxyl groups excluding tert-OH is 1. The lowest BCUT2D eigenvalue weighted by atomic mass is 10.3. The largest absolute Gasteiger partial charge is 0.392 e. The third-order valence-electron chi connectivity index (χ3n) is 2.87. The molecule has 0 saturated heterocycles. The van der Waals surface area contributed by atoms with E-state index in [0.717, 1.165) is 12.8 Å². The molecule has 0 aliphatic rings. The fourth-order valence-electron chi connectivity index (χ4n) is 1.97. The number of nitrogens with zero attached hydrogens (tertiary/aromatic N) is 2. The fraction of sp³-hybridized carbons (Fsp3) is 0.667. The summed E-state index contributed by atoms with van der Waals surface area (Å²) < 4.78 is 1.36. The zero-order valence-corrected chi connectivity index (χ0v) is 11.6. The summed E-state index contributed by atoms with van der Waals surface area (Å²) in [6, 6.07) is 0. The Labute approximate surface area is 111 Å². The second kappa shape index (κ2) is 6.42. The zero-order chi connectivity index (χ0) is 14.6. The summed E-state index contributed by atoms with van der Waals surface area (Å²) in [5, 5.41) is 9.37. The standard InChI is InChI=1S/C12H22N4O3/c1-4-5-6-16-10(13)9(11(18)14-12(16)19)15(3)7-8(2)17/h8,17H,4-7,13H2,1-3H3,(H,14,18,19). The van der Waals surface area contributed by atoms with Crippen molar-refractivity contribution in [2.45, 2.75) is 39.3 Å². The van der Waals surface area contributed by atoms with Gasteiger partial charge in [0.1, 0.15) is 11.5 Å². The summed E-state index contributed by atoms with van der Waals surface area (Å²) in [6.07, 6.45) is 1.12. The Morgan fingerprint density at radius 2 is 2.11 bits per heavy atom. The second-order valence-electron chi connectivity index (χ2n) is 4.73. The number of likely N-dealkylation sites (N-methyl/N-ethyl adjacent to an activating group) is 1. The van der Waals surface area contributed by atoms with Crippen LogP contribution in [0.1, 0.15) is 26.7 Å². The van der Waals surface area contributed by atoms with Crippen LogP contribution in [0.25, 0.3) is 0 Å². The van der Waals surface area contributed by atoms with Crippen molar-refractivity contribution in [1.82, 2.24) is 9.55 Å². The number of nitrogen functional groups attached to an aromatic ring is 1. The van der Waals surface area contributed by atoms with Crippen molar-refractivity contribution in [3.63, 3.8) is 0 Å². The van der Waals surface area contributed by atoms with Crippen molar-refractivity contribution in [2.24, 2.45) is 0 Å². The highest BCUT2D eigenvalue weighted by atomic mass is 16.3. The van der Waals surface area contributed by atoms with E-state index in [4.69, 9.17) is 5.73 Å². The fourth-order valence-corrected chi connectivity index (χ4v) is 1.97. The summed E-state index contributed by atoms with van der Waals surface area (Å²) in [5.41, 5.74) is 5.12. The molecule has 1 heterocycles. The SMILES string of the molecule is CCCCn1c(N)c(N(C)CC(C)O)c(=O)[nH]c1=O. The normalized spacial score (nSPS) is 12.4. The van der Waals surface area contributed by atoms with Crippen molar-refractivity contribution in [2.75, 3.05) is 24.2 Å². The topological polar surface area (TPSA) is 104 Å². The van der Waals surface area contributed by atoms with Crippen LogP contribution in [0.4, 0.5) is 11.5 Å². The van der Waals surface area contributed by atoms with Gasteiger partial charge in [0, 0.05) is 20.1 Å². The summed E-state index contributed by atoms with van der Waals surface area (Å²) in [5.74, 6) is 0.144. The molecule has 108 valence electrons. The predicted molar refractivity (Wildman–Crippen MR) is 75.6 cm³/mol. The van der Waals surface area contributed by atoms with Crippen LogP contribution in [-0.4, -0.2) is 34.4 Å². The minimum Gasteiger partial charge on any atom is -0.392 e. The number of aromatic amines is 1. The Kier molecular flexibility index (Phi) is 5.17. The molecule has 1 aromatic heterocycles. The van der Waals surface area contributed by atoms with Crippen molar-refractivity contribution in [3.8, 4) is 0 Å². The summed E-state index contributed by atoms with van der Waals surface area (Å²) in [4.78, 5) is 27.4. The van der Waals surface area contributed by atoms with Crippen LogP contribution < -0.4 is 21.9 Å². The molecule has 0 spiro atoms. The first-order valence-electron chi connectivity index (χ1n) is 6.40. The van der Waals surface area contributed by atoms with E-state index in [1.807, 2.05) is 6.92 Å². The Morgan fingerprint density at radius 1 is 1.47 bits per heavy atom. The average molecular weight is 270 g/mol. The quantitative estimate of drug-likeness (QED) is 0.660. The molecule has 0 radical (unpaired) electrons. The molecule has 0 amide bonds. The Bertz CT molecular complexity index is 533. The van der Waals surface area contributed by atoms with Crippen molar-refractivity contribution in [3.05, 3.63) is 20.8 Å². The zero-order valence-electron chi connectivity index (χ0n) is 11.6. The van der Waals surface area contributed by atoms with E-state index in [9.17, 15) is 14.7 Å². The molecular formula is C12H22N4O3. The van der Waals surface area contributed by atoms with Gasteiger partial charge in [-0.3, -0.25) is 14.3 Å². The molecule has 1 unspecified atom stereocenters. The first kappa shape index (κ1) is 15.3. The number of nitrogens with one attached hydrogen (secondary N) is 1. The van der Waals surface area contributed by atoms with Crippen LogP contribution in [0.2, 0.25) is 0 Å². The maximum absolute atomic E-state index is 11.8. The van der Waals surface area contributed by atoms with Crippen LogP contribution in [-0.2, 0) is 6.54 Å². The van der Waals surface area contributed by atoms with Crippen LogP contribution in [0.3, 0.4) is 0 Å². The summed E-state index contributed by atoms with van der Waals surface area (Å²) in [6.45, 7) is 4.36. The molecule has 7 nitrogen and oxygen atoms in total. The number of unbranched alkanes of at least 4 members (excludes halogenated alkanes) is 1. The molecule has 0 saturated carbocycles. The van der Waals surface area contributed by atoms with E-state index >= 15 is 0 Å². The molecule has 7 heteroatoms. The van der Waals surface area contributed by atoms with Crippen molar-refractivity contribution >= 4 is 11.5 Å². The number of H-pyrrole nitrogens is 1. The summed E-state index contributed by atoms with van der Waals surface area (Å²) >= 11 is 0. The second-order valence-corrected chi connectivity index (χ2v) is 4.73. The minimum atomic E-state index is -0.597. The molecule has 19 heavy (non-hydrogen) atoms. The highest BCUT2D eigenvalue weighted by molar-refractivity contribution is 5.61. The van der Waals surface area contributed by atoms with Gasteiger partial charge in [-0.1, -0.05) is 13.3 Å². The predicted octanol–water partition coefficient (Wildman–Crippen LogP) is -0.264. The van der Waals surface area contributed by atoms with E-state index in [1.165, 1.54) is 4.57 Å². The smallest absolute Gasteiger partial charge is 0.330 e.